The number of nitrogens with two attached hydrogens (primary N) is 1. The lowest BCUT2D eigenvalue weighted by atomic mass is 9.67. The van der Waals surface area contributed by atoms with Gasteiger partial charge in [0.05, 0.1) is 38.5 Å². The van der Waals surface area contributed by atoms with Crippen LogP contribution in [0.15, 0.2) is 89.7 Å². The molecule has 3 aromatic rings. The van der Waals surface area contributed by atoms with Crippen LogP contribution in [-0.4, -0.2) is 44.0 Å². The van der Waals surface area contributed by atoms with Crippen LogP contribution in [0.2, 0.25) is 0 Å². The van der Waals surface area contributed by atoms with Crippen LogP contribution >= 0.6 is 0 Å². The van der Waals surface area contributed by atoms with Gasteiger partial charge in [-0.3, -0.25) is 19.5 Å². The minimum atomic E-state index is -1.31. The normalized spacial score (nSPS) is 20.3. The molecule has 3 atom stereocenters. The molecule has 0 amide bonds. The van der Waals surface area contributed by atoms with Crippen molar-refractivity contribution < 1.29 is 37.4 Å². The number of aromatic nitrogens is 1. The highest BCUT2D eigenvalue weighted by Gasteiger charge is 2.51. The second-order valence-electron chi connectivity index (χ2n) is 9.75. The summed E-state index contributed by atoms with van der Waals surface area (Å²) in [6, 6.07) is 13.0. The molecule has 42 heavy (non-hydrogen) atoms. The predicted octanol–water partition coefficient (Wildman–Crippen LogP) is 4.12. The summed E-state index contributed by atoms with van der Waals surface area (Å²) in [5.41, 5.74) is 7.59. The molecule has 0 bridgehead atoms. The van der Waals surface area contributed by atoms with Crippen molar-refractivity contribution in [2.24, 2.45) is 11.7 Å². The number of rotatable bonds is 6. The fraction of sp³-hybridized carbons (Fsp3) is 0.226. The average Bonchev–Trinajstić information content (AvgIpc) is 3.00. The lowest BCUT2D eigenvalue weighted by molar-refractivity contribution is -0.150. The number of ether oxygens (including phenoxy) is 3. The van der Waals surface area contributed by atoms with Gasteiger partial charge < -0.3 is 19.9 Å². The van der Waals surface area contributed by atoms with Gasteiger partial charge in [-0.05, 0) is 47.9 Å². The van der Waals surface area contributed by atoms with Crippen LogP contribution in [0.5, 0.6) is 5.75 Å². The van der Waals surface area contributed by atoms with Gasteiger partial charge in [0.1, 0.15) is 29.1 Å². The topological polar surface area (TPSA) is 121 Å². The molecular weight excluding hydrogens is 548 g/mol. The maximum absolute atomic E-state index is 15.4. The highest BCUT2D eigenvalue weighted by molar-refractivity contribution is 6.14. The van der Waals surface area contributed by atoms with E-state index >= 15 is 4.39 Å². The summed E-state index contributed by atoms with van der Waals surface area (Å²) in [6.45, 7) is 0. The van der Waals surface area contributed by atoms with E-state index in [0.29, 0.717) is 22.9 Å². The van der Waals surface area contributed by atoms with Crippen molar-refractivity contribution in [1.29, 1.82) is 0 Å². The quantitative estimate of drug-likeness (QED) is 0.342. The van der Waals surface area contributed by atoms with Crippen LogP contribution in [0.4, 0.5) is 14.5 Å². The van der Waals surface area contributed by atoms with Crippen molar-refractivity contribution in [3.8, 4) is 5.75 Å². The molecule has 11 heteroatoms. The zero-order chi connectivity index (χ0) is 30.1. The number of hydrogen-bond donors (Lipinski definition) is 1. The van der Waals surface area contributed by atoms with Crippen molar-refractivity contribution in [2.75, 3.05) is 26.2 Å². The maximum atomic E-state index is 15.4. The lowest BCUT2D eigenvalue weighted by Crippen LogP contribution is -2.46. The number of halogens is 2. The van der Waals surface area contributed by atoms with Gasteiger partial charge in [0.2, 0.25) is 0 Å². The number of benzene rings is 2. The van der Waals surface area contributed by atoms with E-state index in [1.54, 1.807) is 36.4 Å². The minimum absolute atomic E-state index is 0.00982. The second kappa shape index (κ2) is 11.4. The number of Topliss-reactive ketones (excluding diaryl/α,β-unsaturated/α-hetero) is 1. The Morgan fingerprint density at radius 3 is 2.33 bits per heavy atom. The highest BCUT2D eigenvalue weighted by Crippen LogP contribution is 2.51. The van der Waals surface area contributed by atoms with Gasteiger partial charge in [0.25, 0.3) is 0 Å². The number of carbonyl (C=O) groups excluding carboxylic acids is 3. The summed E-state index contributed by atoms with van der Waals surface area (Å²) in [6.07, 6.45) is 3.00. The Hall–Kier alpha value is -5.06. The molecule has 1 aliphatic carbocycles. The fourth-order valence-electron chi connectivity index (χ4n) is 5.72. The van der Waals surface area contributed by atoms with E-state index in [2.05, 4.69) is 4.98 Å². The van der Waals surface area contributed by atoms with E-state index in [-0.39, 0.29) is 34.8 Å². The van der Waals surface area contributed by atoms with Crippen LogP contribution in [0.25, 0.3) is 0 Å². The van der Waals surface area contributed by atoms with Crippen LogP contribution in [0.1, 0.15) is 29.4 Å². The van der Waals surface area contributed by atoms with E-state index in [4.69, 9.17) is 19.9 Å². The summed E-state index contributed by atoms with van der Waals surface area (Å²) >= 11 is 0. The van der Waals surface area contributed by atoms with Gasteiger partial charge in [-0.15, -0.1) is 0 Å². The molecule has 1 aliphatic heterocycles. The first-order valence-electron chi connectivity index (χ1n) is 12.9. The molecule has 5 rings (SSSR count). The first kappa shape index (κ1) is 28.5. The van der Waals surface area contributed by atoms with E-state index in [1.165, 1.54) is 37.6 Å². The molecular formula is C31H27F2N3O6. The van der Waals surface area contributed by atoms with E-state index in [9.17, 15) is 18.8 Å². The van der Waals surface area contributed by atoms with Gasteiger partial charge in [-0.2, -0.15) is 0 Å². The number of carbonyl (C=O) groups is 3. The molecule has 0 spiro atoms. The van der Waals surface area contributed by atoms with Crippen LogP contribution < -0.4 is 15.4 Å². The molecule has 0 saturated carbocycles. The smallest absolute Gasteiger partial charge is 0.338 e. The van der Waals surface area contributed by atoms with Crippen molar-refractivity contribution in [1.82, 2.24) is 4.98 Å². The Kier molecular flexibility index (Phi) is 7.75. The number of ketones is 1. The van der Waals surface area contributed by atoms with Crippen LogP contribution in [-0.2, 0) is 23.9 Å². The summed E-state index contributed by atoms with van der Waals surface area (Å²) in [5, 5.41) is 0. The Bertz CT molecular complexity index is 1620. The number of nitrogens with zero attached hydrogens (tertiary/aromatic N) is 2. The Balaban J connectivity index is 1.82. The summed E-state index contributed by atoms with van der Waals surface area (Å²) in [7, 11) is 3.84. The van der Waals surface area contributed by atoms with Gasteiger partial charge in [0, 0.05) is 35.6 Å². The zero-order valence-corrected chi connectivity index (χ0v) is 23.0. The van der Waals surface area contributed by atoms with Crippen molar-refractivity contribution in [3.63, 3.8) is 0 Å². The maximum Gasteiger partial charge on any atom is 0.338 e. The number of esters is 2. The Morgan fingerprint density at radius 2 is 1.74 bits per heavy atom. The van der Waals surface area contributed by atoms with E-state index < -0.39 is 47.1 Å². The fourth-order valence-corrected chi connectivity index (χ4v) is 5.72. The average molecular weight is 576 g/mol. The zero-order valence-electron chi connectivity index (χ0n) is 23.0. The Labute approximate surface area is 240 Å². The van der Waals surface area contributed by atoms with Crippen LogP contribution in [0, 0.1) is 17.6 Å². The molecule has 2 heterocycles. The molecule has 0 fully saturated rings. The third kappa shape index (κ3) is 4.76. The first-order valence-corrected chi connectivity index (χ1v) is 12.9. The number of methoxy groups -OCH3 is 3. The van der Waals surface area contributed by atoms with Gasteiger partial charge in [0.15, 0.2) is 5.78 Å². The summed E-state index contributed by atoms with van der Waals surface area (Å²) < 4.78 is 44.7. The molecule has 1 aromatic heterocycles. The molecule has 0 radical (unpaired) electrons. The number of allylic oxidation sites excluding steroid dienone is 2. The molecule has 9 nitrogen and oxygen atoms in total. The van der Waals surface area contributed by atoms with Crippen molar-refractivity contribution in [2.45, 2.75) is 18.3 Å². The highest BCUT2D eigenvalue weighted by atomic mass is 19.1. The number of anilines is 1. The molecule has 216 valence electrons. The molecule has 2 aliphatic rings. The number of hydrogen-bond acceptors (Lipinski definition) is 9. The largest absolute Gasteiger partial charge is 0.497 e. The van der Waals surface area contributed by atoms with Gasteiger partial charge in [-0.25, -0.2) is 13.6 Å². The first-order chi connectivity index (χ1) is 20.2. The van der Waals surface area contributed by atoms with Crippen LogP contribution in [0.3, 0.4) is 0 Å². The summed E-state index contributed by atoms with van der Waals surface area (Å²) in [5.74, 6) is -6.91. The Morgan fingerprint density at radius 1 is 1.00 bits per heavy atom. The molecule has 2 N–H and O–H groups in total. The third-order valence-electron chi connectivity index (χ3n) is 7.61. The predicted molar refractivity (Wildman–Crippen MR) is 147 cm³/mol. The second-order valence-corrected chi connectivity index (χ2v) is 9.75. The van der Waals surface area contributed by atoms with Crippen molar-refractivity contribution >= 4 is 23.4 Å². The van der Waals surface area contributed by atoms with E-state index in [0.717, 1.165) is 13.2 Å². The third-order valence-corrected chi connectivity index (χ3v) is 7.61. The van der Waals surface area contributed by atoms with E-state index in [1.807, 2.05) is 0 Å². The molecule has 3 unspecified atom stereocenters. The standard InChI is InChI=1S/C31H27F2N3O6/c1-40-19-9-6-16(7-10-19)20-14-23-26(28(37)25(20)30(38)41-2)24(17-5-4-12-35-15-17)27(31(39)42-3)29(34)36(23)22-11-8-18(32)13-21(22)33/h4-13,15,20,24-25H,14,34H2,1-3H3. The van der Waals surface area contributed by atoms with Gasteiger partial charge in [-0.1, -0.05) is 18.2 Å². The van der Waals surface area contributed by atoms with Crippen molar-refractivity contribution in [3.05, 3.63) is 112 Å². The lowest BCUT2D eigenvalue weighted by Gasteiger charge is -2.44. The monoisotopic (exact) mass is 575 g/mol. The molecule has 2 aromatic carbocycles. The number of pyridine rings is 1. The minimum Gasteiger partial charge on any atom is -0.497 e. The molecule has 0 saturated heterocycles. The summed E-state index contributed by atoms with van der Waals surface area (Å²) in [4.78, 5) is 46.4. The SMILES string of the molecule is COC(=O)C1=C(N)N(c2ccc(F)cc2F)C2=C(C(=O)C(C(=O)OC)C(c3ccc(OC)cc3)C2)C1c1cccnc1. The van der Waals surface area contributed by atoms with Gasteiger partial charge >= 0.3 is 11.9 Å².